The summed E-state index contributed by atoms with van der Waals surface area (Å²) in [7, 11) is 0. The second kappa shape index (κ2) is 8.45. The topological polar surface area (TPSA) is 41.1 Å². The molecule has 0 aromatic carbocycles. The first-order valence-corrected chi connectivity index (χ1v) is 8.35. The van der Waals surface area contributed by atoms with E-state index in [1.807, 2.05) is 0 Å². The molecule has 20 heavy (non-hydrogen) atoms. The van der Waals surface area contributed by atoms with Crippen LogP contribution in [-0.2, 0) is 0 Å². The second-order valence-corrected chi connectivity index (χ2v) is 6.20. The molecule has 0 saturated heterocycles. The molecule has 1 aromatic rings. The van der Waals surface area contributed by atoms with E-state index in [2.05, 4.69) is 70.7 Å². The van der Waals surface area contributed by atoms with E-state index < -0.39 is 0 Å². The molecule has 0 aliphatic carbocycles. The monoisotopic (exact) mass is 342 g/mol. The van der Waals surface area contributed by atoms with Crippen molar-refractivity contribution in [3.63, 3.8) is 0 Å². The maximum Gasteiger partial charge on any atom is 0.148 e. The summed E-state index contributed by atoms with van der Waals surface area (Å²) in [6.07, 6.45) is 3.89. The summed E-state index contributed by atoms with van der Waals surface area (Å²) in [5.74, 6) is 2.47. The highest BCUT2D eigenvalue weighted by atomic mass is 79.9. The molecule has 0 bridgehead atoms. The summed E-state index contributed by atoms with van der Waals surface area (Å²) in [5, 5.41) is 3.27. The Morgan fingerprint density at radius 1 is 1.20 bits per heavy atom. The Labute approximate surface area is 131 Å². The lowest BCUT2D eigenvalue weighted by atomic mass is 10.1. The average molecular weight is 343 g/mol. The number of hydrogen-bond acceptors (Lipinski definition) is 4. The van der Waals surface area contributed by atoms with Crippen LogP contribution in [0.25, 0.3) is 0 Å². The molecule has 0 amide bonds. The Bertz CT molecular complexity index is 405. The van der Waals surface area contributed by atoms with Gasteiger partial charge in [0.25, 0.3) is 0 Å². The first-order chi connectivity index (χ1) is 9.54. The standard InChI is InChI=1S/C15H27BrN4/c1-6-12(7-2)20(9-11(4)5)15-13(16)14(17-8-3)18-10-19-15/h10-12H,6-9H2,1-5H3,(H,17,18,19). The van der Waals surface area contributed by atoms with Crippen molar-refractivity contribution in [2.75, 3.05) is 23.3 Å². The minimum atomic E-state index is 0.512. The molecule has 0 unspecified atom stereocenters. The van der Waals surface area contributed by atoms with Crippen molar-refractivity contribution in [1.82, 2.24) is 9.97 Å². The molecular weight excluding hydrogens is 316 g/mol. The van der Waals surface area contributed by atoms with Gasteiger partial charge in [0.1, 0.15) is 22.4 Å². The quantitative estimate of drug-likeness (QED) is 0.763. The predicted octanol–water partition coefficient (Wildman–Crippen LogP) is 4.32. The predicted molar refractivity (Wildman–Crippen MR) is 90.4 cm³/mol. The minimum Gasteiger partial charge on any atom is -0.369 e. The first kappa shape index (κ1) is 17.2. The Morgan fingerprint density at radius 2 is 1.85 bits per heavy atom. The zero-order valence-corrected chi connectivity index (χ0v) is 14.9. The lowest BCUT2D eigenvalue weighted by Crippen LogP contribution is -2.38. The van der Waals surface area contributed by atoms with Gasteiger partial charge in [-0.1, -0.05) is 27.7 Å². The van der Waals surface area contributed by atoms with Crippen LogP contribution in [0.5, 0.6) is 0 Å². The van der Waals surface area contributed by atoms with Gasteiger partial charge in [0.15, 0.2) is 0 Å². The van der Waals surface area contributed by atoms with Crippen molar-refractivity contribution in [3.8, 4) is 0 Å². The summed E-state index contributed by atoms with van der Waals surface area (Å²) in [5.41, 5.74) is 0. The number of aromatic nitrogens is 2. The molecule has 0 radical (unpaired) electrons. The van der Waals surface area contributed by atoms with Crippen LogP contribution >= 0.6 is 15.9 Å². The van der Waals surface area contributed by atoms with E-state index >= 15 is 0 Å². The molecule has 114 valence electrons. The molecule has 0 aliphatic rings. The van der Waals surface area contributed by atoms with E-state index in [0.29, 0.717) is 12.0 Å². The van der Waals surface area contributed by atoms with Gasteiger partial charge in [-0.25, -0.2) is 9.97 Å². The van der Waals surface area contributed by atoms with Gasteiger partial charge in [-0.15, -0.1) is 0 Å². The molecule has 4 nitrogen and oxygen atoms in total. The number of anilines is 2. The van der Waals surface area contributed by atoms with Crippen LogP contribution < -0.4 is 10.2 Å². The van der Waals surface area contributed by atoms with E-state index in [0.717, 1.165) is 42.0 Å². The third kappa shape index (κ3) is 4.33. The Kier molecular flexibility index (Phi) is 7.27. The lowest BCUT2D eigenvalue weighted by Gasteiger charge is -2.34. The molecule has 0 atom stereocenters. The van der Waals surface area contributed by atoms with Gasteiger partial charge in [0.2, 0.25) is 0 Å². The fourth-order valence-corrected chi connectivity index (χ4v) is 2.96. The third-order valence-electron chi connectivity index (χ3n) is 3.33. The summed E-state index contributed by atoms with van der Waals surface area (Å²) < 4.78 is 0.967. The summed E-state index contributed by atoms with van der Waals surface area (Å²) in [6.45, 7) is 12.9. The number of hydrogen-bond donors (Lipinski definition) is 1. The Hall–Kier alpha value is -0.840. The maximum atomic E-state index is 4.52. The first-order valence-electron chi connectivity index (χ1n) is 7.55. The number of nitrogens with zero attached hydrogens (tertiary/aromatic N) is 3. The normalized spacial score (nSPS) is 11.2. The van der Waals surface area contributed by atoms with Crippen LogP contribution in [0.1, 0.15) is 47.5 Å². The highest BCUT2D eigenvalue weighted by Gasteiger charge is 2.22. The number of nitrogens with one attached hydrogen (secondary N) is 1. The molecule has 1 heterocycles. The molecular formula is C15H27BrN4. The molecule has 0 saturated carbocycles. The van der Waals surface area contributed by atoms with E-state index in [1.165, 1.54) is 0 Å². The maximum absolute atomic E-state index is 4.52. The number of rotatable bonds is 8. The van der Waals surface area contributed by atoms with Crippen LogP contribution in [0.15, 0.2) is 10.8 Å². The van der Waals surface area contributed by atoms with Crippen LogP contribution in [0.4, 0.5) is 11.6 Å². The second-order valence-electron chi connectivity index (χ2n) is 5.41. The summed E-state index contributed by atoms with van der Waals surface area (Å²) in [4.78, 5) is 11.2. The molecule has 1 aromatic heterocycles. The Balaban J connectivity index is 3.15. The smallest absolute Gasteiger partial charge is 0.148 e. The van der Waals surface area contributed by atoms with Crippen LogP contribution in [0.2, 0.25) is 0 Å². The van der Waals surface area contributed by atoms with Gasteiger partial charge in [0.05, 0.1) is 0 Å². The highest BCUT2D eigenvalue weighted by molar-refractivity contribution is 9.10. The highest BCUT2D eigenvalue weighted by Crippen LogP contribution is 2.32. The van der Waals surface area contributed by atoms with Crippen molar-refractivity contribution in [2.45, 2.75) is 53.5 Å². The lowest BCUT2D eigenvalue weighted by molar-refractivity contribution is 0.502. The van der Waals surface area contributed by atoms with E-state index in [4.69, 9.17) is 0 Å². The molecule has 1 rings (SSSR count). The molecule has 0 spiro atoms. The zero-order chi connectivity index (χ0) is 15.1. The van der Waals surface area contributed by atoms with Crippen LogP contribution in [-0.4, -0.2) is 29.1 Å². The Morgan fingerprint density at radius 3 is 2.35 bits per heavy atom. The van der Waals surface area contributed by atoms with Gasteiger partial charge in [-0.05, 0) is 41.6 Å². The third-order valence-corrected chi connectivity index (χ3v) is 4.06. The van der Waals surface area contributed by atoms with Gasteiger partial charge >= 0.3 is 0 Å². The van der Waals surface area contributed by atoms with Crippen molar-refractivity contribution in [2.24, 2.45) is 5.92 Å². The van der Waals surface area contributed by atoms with Gasteiger partial charge in [-0.3, -0.25) is 0 Å². The fraction of sp³-hybridized carbons (Fsp3) is 0.733. The van der Waals surface area contributed by atoms with Gasteiger partial charge in [-0.2, -0.15) is 0 Å². The van der Waals surface area contributed by atoms with Crippen molar-refractivity contribution in [3.05, 3.63) is 10.8 Å². The van der Waals surface area contributed by atoms with Gasteiger partial charge in [0, 0.05) is 19.1 Å². The van der Waals surface area contributed by atoms with Crippen molar-refractivity contribution in [1.29, 1.82) is 0 Å². The minimum absolute atomic E-state index is 0.512. The largest absolute Gasteiger partial charge is 0.369 e. The fourth-order valence-electron chi connectivity index (χ4n) is 2.38. The van der Waals surface area contributed by atoms with E-state index in [1.54, 1.807) is 6.33 Å². The van der Waals surface area contributed by atoms with Gasteiger partial charge < -0.3 is 10.2 Å². The summed E-state index contributed by atoms with van der Waals surface area (Å²) in [6, 6.07) is 0.512. The molecule has 0 aliphatic heterocycles. The summed E-state index contributed by atoms with van der Waals surface area (Å²) >= 11 is 3.67. The van der Waals surface area contributed by atoms with Crippen LogP contribution in [0.3, 0.4) is 0 Å². The van der Waals surface area contributed by atoms with E-state index in [-0.39, 0.29) is 0 Å². The number of halogens is 1. The molecule has 5 heteroatoms. The van der Waals surface area contributed by atoms with Crippen molar-refractivity contribution < 1.29 is 0 Å². The van der Waals surface area contributed by atoms with Crippen molar-refractivity contribution >= 4 is 27.6 Å². The van der Waals surface area contributed by atoms with Crippen LogP contribution in [0, 0.1) is 5.92 Å². The molecule has 1 N–H and O–H groups in total. The SMILES string of the molecule is CCNc1ncnc(N(CC(C)C)C(CC)CC)c1Br. The van der Waals surface area contributed by atoms with E-state index in [9.17, 15) is 0 Å². The zero-order valence-electron chi connectivity index (χ0n) is 13.3. The molecule has 0 fully saturated rings. The average Bonchev–Trinajstić information content (AvgIpc) is 2.41.